The Labute approximate surface area is 97.3 Å². The van der Waals surface area contributed by atoms with Gasteiger partial charge in [0.1, 0.15) is 35.9 Å². The number of aliphatic hydroxyl groups is 3. The van der Waals surface area contributed by atoms with Crippen LogP contribution in [0.25, 0.3) is 0 Å². The molecule has 6 nitrogen and oxygen atoms in total. The molecule has 5 N–H and O–H groups in total. The van der Waals surface area contributed by atoms with Crippen molar-refractivity contribution in [2.75, 3.05) is 6.61 Å². The Kier molecular flexibility index (Phi) is 3.21. The molecule has 1 aromatic rings. The van der Waals surface area contributed by atoms with Crippen molar-refractivity contribution in [3.8, 4) is 11.5 Å². The fraction of sp³-hybridized carbons (Fsp3) is 0.455. The van der Waals surface area contributed by atoms with E-state index in [0.717, 1.165) is 6.07 Å². The first-order valence-corrected chi connectivity index (χ1v) is 5.19. The van der Waals surface area contributed by atoms with Gasteiger partial charge in [-0.2, -0.15) is 0 Å². The molecule has 6 heteroatoms. The first kappa shape index (κ1) is 12.1. The minimum Gasteiger partial charge on any atom is -0.508 e. The summed E-state index contributed by atoms with van der Waals surface area (Å²) in [7, 11) is 0. The first-order chi connectivity index (χ1) is 8.04. The molecule has 0 bridgehead atoms. The number of hydrogen-bond donors (Lipinski definition) is 5. The van der Waals surface area contributed by atoms with Crippen LogP contribution in [0, 0.1) is 0 Å². The summed E-state index contributed by atoms with van der Waals surface area (Å²) >= 11 is 0. The third-order valence-corrected chi connectivity index (χ3v) is 2.86. The zero-order valence-corrected chi connectivity index (χ0v) is 8.89. The van der Waals surface area contributed by atoms with Crippen LogP contribution in [0.4, 0.5) is 0 Å². The molecule has 1 unspecified atom stereocenters. The van der Waals surface area contributed by atoms with E-state index in [-0.39, 0.29) is 17.1 Å². The second-order valence-corrected chi connectivity index (χ2v) is 4.00. The molecule has 1 aromatic carbocycles. The molecule has 0 spiro atoms. The number of benzene rings is 1. The molecular formula is C11H14O6. The zero-order valence-electron chi connectivity index (χ0n) is 8.89. The van der Waals surface area contributed by atoms with Crippen LogP contribution in [0.5, 0.6) is 11.5 Å². The van der Waals surface area contributed by atoms with E-state index in [9.17, 15) is 15.3 Å². The van der Waals surface area contributed by atoms with Crippen LogP contribution in [0.2, 0.25) is 0 Å². The summed E-state index contributed by atoms with van der Waals surface area (Å²) < 4.78 is 5.25. The number of rotatable bonds is 2. The van der Waals surface area contributed by atoms with Crippen molar-refractivity contribution in [2.45, 2.75) is 24.4 Å². The summed E-state index contributed by atoms with van der Waals surface area (Å²) in [6.07, 6.45) is -4.26. The molecule has 0 amide bonds. The molecule has 1 fully saturated rings. The quantitative estimate of drug-likeness (QED) is 0.467. The van der Waals surface area contributed by atoms with Gasteiger partial charge in [0.2, 0.25) is 0 Å². The lowest BCUT2D eigenvalue weighted by molar-refractivity contribution is -0.0233. The molecule has 1 aliphatic heterocycles. The fourth-order valence-electron chi connectivity index (χ4n) is 1.93. The highest BCUT2D eigenvalue weighted by Gasteiger charge is 2.43. The summed E-state index contributed by atoms with van der Waals surface area (Å²) in [5, 5.41) is 47.0. The smallest absolute Gasteiger partial charge is 0.125 e. The van der Waals surface area contributed by atoms with Gasteiger partial charge in [0.25, 0.3) is 0 Å². The van der Waals surface area contributed by atoms with Crippen molar-refractivity contribution in [2.24, 2.45) is 0 Å². The SMILES string of the molecule is OC[C@H]1OC(c2ccc(O)cc2O)[C@H](O)[C@@H]1O. The van der Waals surface area contributed by atoms with Crippen molar-refractivity contribution in [3.05, 3.63) is 23.8 Å². The highest BCUT2D eigenvalue weighted by Crippen LogP contribution is 2.38. The molecule has 2 rings (SSSR count). The Morgan fingerprint density at radius 2 is 1.82 bits per heavy atom. The summed E-state index contributed by atoms with van der Waals surface area (Å²) in [6.45, 7) is -0.423. The van der Waals surface area contributed by atoms with Gasteiger partial charge in [-0.3, -0.25) is 0 Å². The number of aliphatic hydroxyl groups excluding tert-OH is 3. The maximum atomic E-state index is 9.75. The van der Waals surface area contributed by atoms with Crippen molar-refractivity contribution >= 4 is 0 Å². The Morgan fingerprint density at radius 1 is 1.12 bits per heavy atom. The van der Waals surface area contributed by atoms with E-state index in [4.69, 9.17) is 14.9 Å². The average molecular weight is 242 g/mol. The molecule has 1 aliphatic rings. The fourth-order valence-corrected chi connectivity index (χ4v) is 1.93. The minimum atomic E-state index is -1.23. The maximum absolute atomic E-state index is 9.75. The third-order valence-electron chi connectivity index (χ3n) is 2.86. The lowest BCUT2D eigenvalue weighted by Crippen LogP contribution is -2.32. The standard InChI is InChI=1S/C11H14O6/c12-4-8-9(15)10(16)11(17-8)6-2-1-5(13)3-7(6)14/h1-3,8-16H,4H2/t8-,9-,10-,11?/m1/s1. The monoisotopic (exact) mass is 242 g/mol. The lowest BCUT2D eigenvalue weighted by Gasteiger charge is -2.16. The van der Waals surface area contributed by atoms with Crippen LogP contribution < -0.4 is 0 Å². The van der Waals surface area contributed by atoms with Gasteiger partial charge in [-0.15, -0.1) is 0 Å². The van der Waals surface area contributed by atoms with Crippen molar-refractivity contribution in [1.82, 2.24) is 0 Å². The molecule has 1 heterocycles. The van der Waals surface area contributed by atoms with Gasteiger partial charge < -0.3 is 30.3 Å². The van der Waals surface area contributed by atoms with Gasteiger partial charge in [-0.05, 0) is 12.1 Å². The van der Waals surface area contributed by atoms with Crippen LogP contribution in [-0.2, 0) is 4.74 Å². The summed E-state index contributed by atoms with van der Waals surface area (Å²) in [5.41, 5.74) is 0.255. The number of aromatic hydroxyl groups is 2. The first-order valence-electron chi connectivity index (χ1n) is 5.19. The Hall–Kier alpha value is -1.34. The maximum Gasteiger partial charge on any atom is 0.125 e. The highest BCUT2D eigenvalue weighted by atomic mass is 16.6. The Bertz CT molecular complexity index is 407. The van der Waals surface area contributed by atoms with Crippen molar-refractivity contribution < 1.29 is 30.3 Å². The normalized spacial score (nSPS) is 32.9. The van der Waals surface area contributed by atoms with E-state index >= 15 is 0 Å². The number of ether oxygens (including phenoxy) is 1. The molecule has 0 aromatic heterocycles. The average Bonchev–Trinajstić information content (AvgIpc) is 2.57. The van der Waals surface area contributed by atoms with E-state index in [2.05, 4.69) is 0 Å². The van der Waals surface area contributed by atoms with Gasteiger partial charge in [0, 0.05) is 11.6 Å². The molecule has 94 valence electrons. The van der Waals surface area contributed by atoms with Crippen LogP contribution in [0.15, 0.2) is 18.2 Å². The molecule has 4 atom stereocenters. The van der Waals surface area contributed by atoms with Crippen LogP contribution in [0.1, 0.15) is 11.7 Å². The second kappa shape index (κ2) is 4.50. The van der Waals surface area contributed by atoms with Crippen LogP contribution in [-0.4, -0.2) is 50.5 Å². The molecule has 0 aliphatic carbocycles. The van der Waals surface area contributed by atoms with Crippen molar-refractivity contribution in [1.29, 1.82) is 0 Å². The lowest BCUT2D eigenvalue weighted by atomic mass is 10.0. The van der Waals surface area contributed by atoms with E-state index in [1.165, 1.54) is 12.1 Å². The molecule has 1 saturated heterocycles. The number of phenolic OH excluding ortho intramolecular Hbond substituents is 2. The molecule has 17 heavy (non-hydrogen) atoms. The Balaban J connectivity index is 2.29. The van der Waals surface area contributed by atoms with Gasteiger partial charge in [-0.25, -0.2) is 0 Å². The number of hydrogen-bond acceptors (Lipinski definition) is 6. The highest BCUT2D eigenvalue weighted by molar-refractivity contribution is 5.41. The summed E-state index contributed by atoms with van der Waals surface area (Å²) in [6, 6.07) is 3.85. The topological polar surface area (TPSA) is 110 Å². The Morgan fingerprint density at radius 3 is 2.35 bits per heavy atom. The summed E-state index contributed by atoms with van der Waals surface area (Å²) in [5.74, 6) is -0.349. The van der Waals surface area contributed by atoms with Gasteiger partial charge in [-0.1, -0.05) is 0 Å². The number of phenols is 2. The largest absolute Gasteiger partial charge is 0.508 e. The van der Waals surface area contributed by atoms with E-state index in [1.807, 2.05) is 0 Å². The van der Waals surface area contributed by atoms with E-state index < -0.39 is 31.0 Å². The van der Waals surface area contributed by atoms with E-state index in [1.54, 1.807) is 0 Å². The van der Waals surface area contributed by atoms with Gasteiger partial charge >= 0.3 is 0 Å². The van der Waals surface area contributed by atoms with Gasteiger partial charge in [0.15, 0.2) is 0 Å². The molecule has 0 saturated carbocycles. The predicted octanol–water partition coefficient (Wildman–Crippen LogP) is -0.748. The summed E-state index contributed by atoms with van der Waals surface area (Å²) in [4.78, 5) is 0. The predicted molar refractivity (Wildman–Crippen MR) is 56.5 cm³/mol. The van der Waals surface area contributed by atoms with E-state index in [0.29, 0.717) is 0 Å². The molecular weight excluding hydrogens is 228 g/mol. The third kappa shape index (κ3) is 2.07. The minimum absolute atomic E-state index is 0.113. The van der Waals surface area contributed by atoms with Crippen LogP contribution in [0.3, 0.4) is 0 Å². The van der Waals surface area contributed by atoms with Crippen LogP contribution >= 0.6 is 0 Å². The second-order valence-electron chi connectivity index (χ2n) is 4.00. The zero-order chi connectivity index (χ0) is 12.6. The van der Waals surface area contributed by atoms with Gasteiger partial charge in [0.05, 0.1) is 6.61 Å². The van der Waals surface area contributed by atoms with Crippen molar-refractivity contribution in [3.63, 3.8) is 0 Å². The molecule has 0 radical (unpaired) electrons.